The van der Waals surface area contributed by atoms with Gasteiger partial charge < -0.3 is 5.11 Å². The van der Waals surface area contributed by atoms with Crippen LogP contribution >= 0.6 is 23.2 Å². The third kappa shape index (κ3) is 2.63. The minimum absolute atomic E-state index is 0.0589. The van der Waals surface area contributed by atoms with Crippen LogP contribution in [0.3, 0.4) is 0 Å². The first-order chi connectivity index (χ1) is 9.25. The highest BCUT2D eigenvalue weighted by atomic mass is 35.5. The van der Waals surface area contributed by atoms with Gasteiger partial charge in [0, 0.05) is 6.54 Å². The maximum atomic E-state index is 13.1. The van der Waals surface area contributed by atoms with Gasteiger partial charge in [0.1, 0.15) is 16.8 Å². The van der Waals surface area contributed by atoms with Crippen molar-refractivity contribution < 1.29 is 22.7 Å². The second kappa shape index (κ2) is 5.48. The largest absolute Gasteiger partial charge is 0.480 e. The monoisotopic (exact) mass is 341 g/mol. The van der Waals surface area contributed by atoms with Crippen LogP contribution in [-0.2, 0) is 14.8 Å². The third-order valence-electron chi connectivity index (χ3n) is 3.02. The lowest BCUT2D eigenvalue weighted by Crippen LogP contribution is -2.40. The first-order valence-electron chi connectivity index (χ1n) is 5.64. The molecule has 5 nitrogen and oxygen atoms in total. The number of nitrogens with zero attached hydrogens (tertiary/aromatic N) is 1. The van der Waals surface area contributed by atoms with Gasteiger partial charge in [-0.15, -0.1) is 0 Å². The number of benzene rings is 1. The van der Waals surface area contributed by atoms with E-state index < -0.39 is 32.7 Å². The van der Waals surface area contributed by atoms with Crippen molar-refractivity contribution >= 4 is 39.2 Å². The molecule has 110 valence electrons. The van der Waals surface area contributed by atoms with E-state index >= 15 is 0 Å². The summed E-state index contributed by atoms with van der Waals surface area (Å²) >= 11 is 11.5. The summed E-state index contributed by atoms with van der Waals surface area (Å²) in [6.45, 7) is 0.0589. The Morgan fingerprint density at radius 1 is 1.35 bits per heavy atom. The third-order valence-corrected chi connectivity index (χ3v) is 5.85. The topological polar surface area (TPSA) is 74.7 Å². The van der Waals surface area contributed by atoms with Gasteiger partial charge in [0.15, 0.2) is 0 Å². The SMILES string of the molecule is O=C(O)[C@H]1CCCN1S(=O)(=O)c1c(Cl)cc(F)cc1Cl. The fourth-order valence-corrected chi connectivity index (χ4v) is 4.96. The molecule has 1 aromatic rings. The normalized spacial score (nSPS) is 20.2. The van der Waals surface area contributed by atoms with E-state index in [1.807, 2.05) is 0 Å². The number of carbonyl (C=O) groups is 1. The second-order valence-corrected chi connectivity index (χ2v) is 6.95. The summed E-state index contributed by atoms with van der Waals surface area (Å²) in [5.74, 6) is -2.00. The molecule has 20 heavy (non-hydrogen) atoms. The summed E-state index contributed by atoms with van der Waals surface area (Å²) < 4.78 is 38.9. The van der Waals surface area contributed by atoms with Gasteiger partial charge in [-0.2, -0.15) is 4.31 Å². The molecule has 1 fully saturated rings. The van der Waals surface area contributed by atoms with Gasteiger partial charge in [-0.1, -0.05) is 23.2 Å². The van der Waals surface area contributed by atoms with Gasteiger partial charge >= 0.3 is 5.97 Å². The van der Waals surface area contributed by atoms with E-state index in [0.29, 0.717) is 6.42 Å². The Bertz CT molecular complexity index is 641. The van der Waals surface area contributed by atoms with Gasteiger partial charge in [0.05, 0.1) is 10.0 Å². The zero-order chi connectivity index (χ0) is 15.1. The summed E-state index contributed by atoms with van der Waals surface area (Å²) in [5.41, 5.74) is 0. The Morgan fingerprint density at radius 2 is 1.90 bits per heavy atom. The smallest absolute Gasteiger partial charge is 0.322 e. The van der Waals surface area contributed by atoms with Crippen LogP contribution in [0.25, 0.3) is 0 Å². The maximum absolute atomic E-state index is 13.1. The highest BCUT2D eigenvalue weighted by Gasteiger charge is 2.41. The minimum atomic E-state index is -4.19. The molecule has 1 N–H and O–H groups in total. The van der Waals surface area contributed by atoms with Crippen LogP contribution in [0, 0.1) is 5.82 Å². The molecule has 0 bridgehead atoms. The minimum Gasteiger partial charge on any atom is -0.480 e. The Morgan fingerprint density at radius 3 is 2.40 bits per heavy atom. The van der Waals surface area contributed by atoms with Crippen LogP contribution in [0.15, 0.2) is 17.0 Å². The molecule has 2 rings (SSSR count). The number of carboxylic acid groups (broad SMARTS) is 1. The average Bonchev–Trinajstić information content (AvgIpc) is 2.75. The maximum Gasteiger partial charge on any atom is 0.322 e. The molecule has 0 saturated carbocycles. The van der Waals surface area contributed by atoms with Gasteiger partial charge in [0.2, 0.25) is 10.0 Å². The Hall–Kier alpha value is -0.890. The number of carboxylic acids is 1. The molecule has 0 unspecified atom stereocenters. The first kappa shape index (κ1) is 15.5. The van der Waals surface area contributed by atoms with Crippen LogP contribution in [0.2, 0.25) is 10.0 Å². The van der Waals surface area contributed by atoms with Gasteiger partial charge in [-0.05, 0) is 25.0 Å². The van der Waals surface area contributed by atoms with Crippen molar-refractivity contribution in [2.45, 2.75) is 23.8 Å². The predicted octanol–water partition coefficient (Wildman–Crippen LogP) is 2.37. The Kier molecular flexibility index (Phi) is 4.24. The molecule has 0 amide bonds. The van der Waals surface area contributed by atoms with Crippen molar-refractivity contribution in [3.63, 3.8) is 0 Å². The highest BCUT2D eigenvalue weighted by Crippen LogP contribution is 2.35. The summed E-state index contributed by atoms with van der Waals surface area (Å²) in [6, 6.07) is 0.496. The summed E-state index contributed by atoms with van der Waals surface area (Å²) in [7, 11) is -4.19. The number of hydrogen-bond donors (Lipinski definition) is 1. The predicted molar refractivity (Wildman–Crippen MR) is 71.0 cm³/mol. The van der Waals surface area contributed by atoms with E-state index in [1.165, 1.54) is 0 Å². The zero-order valence-electron chi connectivity index (χ0n) is 10.0. The van der Waals surface area contributed by atoms with E-state index in [0.717, 1.165) is 16.4 Å². The van der Waals surface area contributed by atoms with Crippen LogP contribution < -0.4 is 0 Å². The molecule has 0 radical (unpaired) electrons. The summed E-state index contributed by atoms with van der Waals surface area (Å²) in [6.07, 6.45) is 0.637. The quantitative estimate of drug-likeness (QED) is 0.915. The fraction of sp³-hybridized carbons (Fsp3) is 0.364. The fourth-order valence-electron chi connectivity index (χ4n) is 2.17. The number of rotatable bonds is 3. The first-order valence-corrected chi connectivity index (χ1v) is 7.84. The number of aliphatic carboxylic acids is 1. The van der Waals surface area contributed by atoms with E-state index in [2.05, 4.69) is 0 Å². The lowest BCUT2D eigenvalue weighted by Gasteiger charge is -2.22. The van der Waals surface area contributed by atoms with Crippen molar-refractivity contribution in [3.05, 3.63) is 28.0 Å². The highest BCUT2D eigenvalue weighted by molar-refractivity contribution is 7.89. The van der Waals surface area contributed by atoms with Gasteiger partial charge in [-0.25, -0.2) is 12.8 Å². The molecular formula is C11H10Cl2FNO4S. The van der Waals surface area contributed by atoms with Crippen LogP contribution in [0.5, 0.6) is 0 Å². The Labute approximate surface area is 124 Å². The van der Waals surface area contributed by atoms with Crippen molar-refractivity contribution in [2.24, 2.45) is 0 Å². The van der Waals surface area contributed by atoms with Gasteiger partial charge in [0.25, 0.3) is 0 Å². The molecule has 1 aliphatic rings. The summed E-state index contributed by atoms with van der Waals surface area (Å²) in [4.78, 5) is 10.6. The molecule has 9 heteroatoms. The molecular weight excluding hydrogens is 332 g/mol. The van der Waals surface area contributed by atoms with Crippen molar-refractivity contribution in [3.8, 4) is 0 Å². The molecule has 1 aliphatic heterocycles. The van der Waals surface area contributed by atoms with E-state index in [9.17, 15) is 17.6 Å². The second-order valence-electron chi connectivity index (χ2n) is 4.31. The zero-order valence-corrected chi connectivity index (χ0v) is 12.3. The average molecular weight is 342 g/mol. The number of halogens is 3. The van der Waals surface area contributed by atoms with E-state index in [1.54, 1.807) is 0 Å². The number of sulfonamides is 1. The van der Waals surface area contributed by atoms with Crippen molar-refractivity contribution in [2.75, 3.05) is 6.54 Å². The molecule has 1 heterocycles. The lowest BCUT2D eigenvalue weighted by atomic mass is 10.2. The molecule has 1 aromatic carbocycles. The molecule has 1 atom stereocenters. The Balaban J connectivity index is 2.54. The molecule has 0 aliphatic carbocycles. The van der Waals surface area contributed by atoms with Crippen molar-refractivity contribution in [1.82, 2.24) is 4.31 Å². The molecule has 0 aromatic heterocycles. The molecule has 1 saturated heterocycles. The van der Waals surface area contributed by atoms with Crippen molar-refractivity contribution in [1.29, 1.82) is 0 Å². The standard InChI is InChI=1S/C11H10Cl2FNO4S/c12-7-4-6(14)5-8(13)10(7)20(18,19)15-3-1-2-9(15)11(16)17/h4-5,9H,1-3H2,(H,16,17)/t9-/m1/s1. The van der Waals surface area contributed by atoms with E-state index in [-0.39, 0.29) is 23.0 Å². The van der Waals surface area contributed by atoms with Crippen LogP contribution in [0.4, 0.5) is 4.39 Å². The van der Waals surface area contributed by atoms with Crippen LogP contribution in [-0.4, -0.2) is 36.4 Å². The number of hydrogen-bond acceptors (Lipinski definition) is 3. The summed E-state index contributed by atoms with van der Waals surface area (Å²) in [5, 5.41) is 8.31. The van der Waals surface area contributed by atoms with Crippen LogP contribution in [0.1, 0.15) is 12.8 Å². The van der Waals surface area contributed by atoms with E-state index in [4.69, 9.17) is 28.3 Å². The molecule has 0 spiro atoms. The lowest BCUT2D eigenvalue weighted by molar-refractivity contribution is -0.140. The van der Waals surface area contributed by atoms with Gasteiger partial charge in [-0.3, -0.25) is 4.79 Å².